The van der Waals surface area contributed by atoms with Gasteiger partial charge in [0.15, 0.2) is 0 Å². The Morgan fingerprint density at radius 3 is 2.50 bits per heavy atom. The van der Waals surface area contributed by atoms with Gasteiger partial charge in [-0.3, -0.25) is 9.82 Å². The lowest BCUT2D eigenvalue weighted by molar-refractivity contribution is -0.710. The predicted molar refractivity (Wildman–Crippen MR) is 89.4 cm³/mol. The van der Waals surface area contributed by atoms with Crippen molar-refractivity contribution in [3.63, 3.8) is 0 Å². The minimum atomic E-state index is -0.825. The highest BCUT2D eigenvalue weighted by Gasteiger charge is 2.10. The number of hydrogen-bond donors (Lipinski definition) is 1. The van der Waals surface area contributed by atoms with E-state index in [2.05, 4.69) is 9.82 Å². The molecule has 0 aliphatic carbocycles. The smallest absolute Gasteiger partial charge is 0.299 e. The Labute approximate surface area is 137 Å². The molecule has 122 valence electrons. The zero-order valence-electron chi connectivity index (χ0n) is 12.7. The summed E-state index contributed by atoms with van der Waals surface area (Å²) in [4.78, 5) is 19.2. The second kappa shape index (κ2) is 6.82. The molecule has 0 saturated heterocycles. The summed E-state index contributed by atoms with van der Waals surface area (Å²) in [5.74, 6) is 0.815. The fraction of sp³-hybridized carbons (Fsp3) is 0.118. The Balaban J connectivity index is 1.80. The van der Waals surface area contributed by atoms with Gasteiger partial charge >= 0.3 is 0 Å². The zero-order chi connectivity index (χ0) is 16.9. The van der Waals surface area contributed by atoms with Crippen LogP contribution in [0.15, 0.2) is 54.9 Å². The van der Waals surface area contributed by atoms with Crippen molar-refractivity contribution >= 4 is 16.5 Å². The molecule has 2 N–H and O–H groups in total. The van der Waals surface area contributed by atoms with Crippen LogP contribution in [-0.4, -0.2) is 16.7 Å². The van der Waals surface area contributed by atoms with E-state index in [4.69, 9.17) is 10.5 Å². The van der Waals surface area contributed by atoms with E-state index in [-0.39, 0.29) is 5.75 Å². The van der Waals surface area contributed by atoms with E-state index < -0.39 is 5.09 Å². The summed E-state index contributed by atoms with van der Waals surface area (Å²) in [5, 5.41) is 11.1. The van der Waals surface area contributed by atoms with Gasteiger partial charge in [0.05, 0.1) is 18.5 Å². The fourth-order valence-corrected chi connectivity index (χ4v) is 2.46. The van der Waals surface area contributed by atoms with Gasteiger partial charge in [-0.25, -0.2) is 0 Å². The molecule has 1 aromatic heterocycles. The lowest BCUT2D eigenvalue weighted by atomic mass is 10.1. The summed E-state index contributed by atoms with van der Waals surface area (Å²) < 4.78 is 5.84. The maximum absolute atomic E-state index is 10.6. The van der Waals surface area contributed by atoms with E-state index in [9.17, 15) is 10.1 Å². The molecule has 7 heteroatoms. The van der Waals surface area contributed by atoms with Gasteiger partial charge in [-0.2, -0.15) is 0 Å². The molecule has 1 heterocycles. The number of anilines is 1. The van der Waals surface area contributed by atoms with E-state index in [1.807, 2.05) is 18.2 Å². The van der Waals surface area contributed by atoms with Gasteiger partial charge in [0.25, 0.3) is 5.09 Å². The highest BCUT2D eigenvalue weighted by Crippen LogP contribution is 2.33. The Bertz CT molecular complexity index is 883. The van der Waals surface area contributed by atoms with Gasteiger partial charge in [0.2, 0.25) is 0 Å². The maximum Gasteiger partial charge on any atom is 0.299 e. The Kier molecular flexibility index (Phi) is 4.42. The van der Waals surface area contributed by atoms with Crippen LogP contribution in [-0.2, 0) is 6.42 Å². The highest BCUT2D eigenvalue weighted by atomic mass is 17.0. The first-order chi connectivity index (χ1) is 11.6. The molecule has 0 fully saturated rings. The monoisotopic (exact) mass is 325 g/mol. The van der Waals surface area contributed by atoms with E-state index >= 15 is 0 Å². The van der Waals surface area contributed by atoms with Crippen LogP contribution >= 0.6 is 0 Å². The molecule has 0 saturated carbocycles. The standard InChI is InChI=1S/C17H15N3O4/c18-15-11-19-9-7-12(15)8-10-23-16-5-6-17(24-20(21)22)14-4-2-1-3-13(14)16/h1-7,9,11H,8,10,18H2. The maximum atomic E-state index is 10.6. The van der Waals surface area contributed by atoms with Gasteiger partial charge in [-0.05, 0) is 23.8 Å². The number of aromatic nitrogens is 1. The second-order valence-corrected chi connectivity index (χ2v) is 5.10. The van der Waals surface area contributed by atoms with Gasteiger partial charge in [-0.1, -0.05) is 24.3 Å². The summed E-state index contributed by atoms with van der Waals surface area (Å²) >= 11 is 0. The van der Waals surface area contributed by atoms with Gasteiger partial charge in [0.1, 0.15) is 11.5 Å². The van der Waals surface area contributed by atoms with Crippen molar-refractivity contribution < 1.29 is 14.7 Å². The number of rotatable bonds is 6. The van der Waals surface area contributed by atoms with E-state index in [1.54, 1.807) is 30.6 Å². The topological polar surface area (TPSA) is 101 Å². The molecule has 0 atom stereocenters. The number of nitrogens with zero attached hydrogens (tertiary/aromatic N) is 2. The molecule has 0 spiro atoms. The molecule has 24 heavy (non-hydrogen) atoms. The number of hydrogen-bond acceptors (Lipinski definition) is 6. The number of benzene rings is 2. The predicted octanol–water partition coefficient (Wildman–Crippen LogP) is 3.01. The summed E-state index contributed by atoms with van der Waals surface area (Å²) in [6.07, 6.45) is 3.93. The molecule has 0 bridgehead atoms. The second-order valence-electron chi connectivity index (χ2n) is 5.10. The summed E-state index contributed by atoms with van der Waals surface area (Å²) in [5.41, 5.74) is 7.44. The molecule has 0 aliphatic heterocycles. The third-order valence-electron chi connectivity index (χ3n) is 3.59. The first-order valence-electron chi connectivity index (χ1n) is 7.30. The Hall–Kier alpha value is -3.35. The van der Waals surface area contributed by atoms with E-state index in [0.717, 1.165) is 10.9 Å². The van der Waals surface area contributed by atoms with Crippen molar-refractivity contribution in [2.24, 2.45) is 0 Å². The number of ether oxygens (including phenoxy) is 1. The van der Waals surface area contributed by atoms with Crippen LogP contribution in [0.5, 0.6) is 11.5 Å². The average molecular weight is 325 g/mol. The number of nitrogen functional groups attached to an aromatic ring is 1. The molecule has 0 amide bonds. The Morgan fingerprint density at radius 2 is 1.79 bits per heavy atom. The SMILES string of the molecule is Nc1cnccc1CCOc1ccc(O[N+](=O)[O-])c2ccccc12. The van der Waals surface area contributed by atoms with Crippen LogP contribution in [0.1, 0.15) is 5.56 Å². The largest absolute Gasteiger partial charge is 0.493 e. The third kappa shape index (κ3) is 3.35. The molecule has 3 aromatic rings. The van der Waals surface area contributed by atoms with Gasteiger partial charge in [-0.15, -0.1) is 10.1 Å². The van der Waals surface area contributed by atoms with Crippen LogP contribution < -0.4 is 15.3 Å². The van der Waals surface area contributed by atoms with Crippen molar-refractivity contribution in [2.75, 3.05) is 12.3 Å². The molecule has 7 nitrogen and oxygen atoms in total. The van der Waals surface area contributed by atoms with Crippen LogP contribution in [0.2, 0.25) is 0 Å². The van der Waals surface area contributed by atoms with Crippen molar-refractivity contribution in [2.45, 2.75) is 6.42 Å². The Morgan fingerprint density at radius 1 is 1.08 bits per heavy atom. The van der Waals surface area contributed by atoms with Crippen molar-refractivity contribution in [1.29, 1.82) is 0 Å². The molecule has 2 aromatic carbocycles. The molecule has 0 unspecified atom stereocenters. The quantitative estimate of drug-likeness (QED) is 0.552. The number of pyridine rings is 1. The average Bonchev–Trinajstić information content (AvgIpc) is 2.58. The number of nitrogens with two attached hydrogens (primary N) is 1. The summed E-state index contributed by atoms with van der Waals surface area (Å²) in [6.45, 7) is 0.424. The van der Waals surface area contributed by atoms with Crippen LogP contribution in [0.25, 0.3) is 10.8 Å². The minimum absolute atomic E-state index is 0.182. The highest BCUT2D eigenvalue weighted by molar-refractivity contribution is 5.93. The molecule has 0 aliphatic rings. The molecule has 3 rings (SSSR count). The van der Waals surface area contributed by atoms with Crippen LogP contribution in [0.3, 0.4) is 0 Å². The lowest BCUT2D eigenvalue weighted by Gasteiger charge is -2.12. The van der Waals surface area contributed by atoms with E-state index in [0.29, 0.717) is 29.9 Å². The van der Waals surface area contributed by atoms with Gasteiger partial charge < -0.3 is 10.5 Å². The summed E-state index contributed by atoms with van der Waals surface area (Å²) in [7, 11) is 0. The first-order valence-corrected chi connectivity index (χ1v) is 7.30. The summed E-state index contributed by atoms with van der Waals surface area (Å²) in [6, 6.07) is 12.3. The van der Waals surface area contributed by atoms with Crippen molar-refractivity contribution in [3.05, 3.63) is 70.5 Å². The van der Waals surface area contributed by atoms with Crippen molar-refractivity contribution in [3.8, 4) is 11.5 Å². The fourth-order valence-electron chi connectivity index (χ4n) is 2.46. The molecular weight excluding hydrogens is 310 g/mol. The normalized spacial score (nSPS) is 10.5. The van der Waals surface area contributed by atoms with Crippen LogP contribution in [0, 0.1) is 10.1 Å². The van der Waals surface area contributed by atoms with E-state index in [1.165, 1.54) is 6.07 Å². The molecular formula is C17H15N3O4. The number of fused-ring (bicyclic) bond motifs is 1. The molecule has 0 radical (unpaired) electrons. The first kappa shape index (κ1) is 15.5. The lowest BCUT2D eigenvalue weighted by Crippen LogP contribution is -2.06. The van der Waals surface area contributed by atoms with Gasteiger partial charge in [0, 0.05) is 23.4 Å². The van der Waals surface area contributed by atoms with Crippen molar-refractivity contribution in [1.82, 2.24) is 4.98 Å². The third-order valence-corrected chi connectivity index (χ3v) is 3.59. The minimum Gasteiger partial charge on any atom is -0.493 e. The van der Waals surface area contributed by atoms with Crippen LogP contribution in [0.4, 0.5) is 5.69 Å². The zero-order valence-corrected chi connectivity index (χ0v) is 12.7.